The van der Waals surface area contributed by atoms with Crippen LogP contribution in [0.3, 0.4) is 0 Å². The van der Waals surface area contributed by atoms with Crippen LogP contribution in [0.15, 0.2) is 36.4 Å². The number of rotatable bonds is 3. The molecule has 2 rings (SSSR count). The fraction of sp³-hybridized carbons (Fsp3) is 0.429. The quantitative estimate of drug-likeness (QED) is 0.790. The topological polar surface area (TPSA) is 29.5 Å². The molecule has 1 aliphatic carbocycles. The highest BCUT2D eigenvalue weighted by Gasteiger charge is 2.25. The van der Waals surface area contributed by atoms with Gasteiger partial charge in [0.15, 0.2) is 0 Å². The van der Waals surface area contributed by atoms with Crippen molar-refractivity contribution in [2.24, 2.45) is 0 Å². The normalized spacial score (nSPS) is 24.4. The summed E-state index contributed by atoms with van der Waals surface area (Å²) in [7, 11) is 1.66. The van der Waals surface area contributed by atoms with Crippen molar-refractivity contribution in [3.8, 4) is 5.75 Å². The summed E-state index contributed by atoms with van der Waals surface area (Å²) >= 11 is 0. The van der Waals surface area contributed by atoms with Gasteiger partial charge in [0, 0.05) is 6.42 Å². The Morgan fingerprint density at radius 1 is 1.44 bits per heavy atom. The summed E-state index contributed by atoms with van der Waals surface area (Å²) in [6.45, 7) is 0. The molecule has 0 aromatic heterocycles. The molecule has 0 bridgehead atoms. The first-order valence-corrected chi connectivity index (χ1v) is 5.75. The molecule has 1 aromatic carbocycles. The van der Waals surface area contributed by atoms with Crippen LogP contribution in [0.4, 0.5) is 0 Å². The molecule has 1 aromatic rings. The van der Waals surface area contributed by atoms with E-state index >= 15 is 0 Å². The first kappa shape index (κ1) is 11.2. The van der Waals surface area contributed by atoms with E-state index in [-0.39, 0.29) is 0 Å². The molecule has 1 unspecified atom stereocenters. The number of hydrogen-bond acceptors (Lipinski definition) is 2. The predicted molar refractivity (Wildman–Crippen MR) is 64.6 cm³/mol. The Morgan fingerprint density at radius 3 is 3.00 bits per heavy atom. The summed E-state index contributed by atoms with van der Waals surface area (Å²) in [6.07, 6.45) is 7.68. The number of allylic oxidation sites excluding steroid dienone is 1. The van der Waals surface area contributed by atoms with Gasteiger partial charge in [0.25, 0.3) is 0 Å². The molecule has 0 saturated carbocycles. The lowest BCUT2D eigenvalue weighted by atomic mass is 9.85. The van der Waals surface area contributed by atoms with E-state index in [4.69, 9.17) is 4.74 Å². The number of methoxy groups -OCH3 is 1. The third-order valence-corrected chi connectivity index (χ3v) is 3.05. The Balaban J connectivity index is 2.13. The van der Waals surface area contributed by atoms with E-state index in [1.807, 2.05) is 30.3 Å². The van der Waals surface area contributed by atoms with Crippen molar-refractivity contribution in [2.75, 3.05) is 7.11 Å². The van der Waals surface area contributed by atoms with E-state index < -0.39 is 5.60 Å². The van der Waals surface area contributed by atoms with Crippen molar-refractivity contribution in [3.05, 3.63) is 42.0 Å². The van der Waals surface area contributed by atoms with E-state index in [1.165, 1.54) is 0 Å². The van der Waals surface area contributed by atoms with Gasteiger partial charge in [-0.3, -0.25) is 0 Å². The van der Waals surface area contributed by atoms with Crippen molar-refractivity contribution in [1.82, 2.24) is 0 Å². The minimum absolute atomic E-state index is 0.662. The van der Waals surface area contributed by atoms with Crippen LogP contribution in [-0.2, 0) is 6.42 Å². The monoisotopic (exact) mass is 218 g/mol. The molecule has 1 N–H and O–H groups in total. The van der Waals surface area contributed by atoms with Gasteiger partial charge in [0.2, 0.25) is 0 Å². The maximum atomic E-state index is 10.4. The lowest BCUT2D eigenvalue weighted by Gasteiger charge is -2.27. The number of benzene rings is 1. The molecule has 0 saturated heterocycles. The van der Waals surface area contributed by atoms with Crippen LogP contribution in [0.1, 0.15) is 24.8 Å². The second-order valence-electron chi connectivity index (χ2n) is 4.43. The molecule has 0 amide bonds. The second kappa shape index (κ2) is 4.71. The van der Waals surface area contributed by atoms with Crippen LogP contribution in [0.25, 0.3) is 0 Å². The molecule has 0 spiro atoms. The maximum Gasteiger partial charge on any atom is 0.119 e. The van der Waals surface area contributed by atoms with Crippen molar-refractivity contribution < 1.29 is 9.84 Å². The molecular weight excluding hydrogens is 200 g/mol. The molecule has 0 fully saturated rings. The van der Waals surface area contributed by atoms with Gasteiger partial charge in [0.05, 0.1) is 12.7 Å². The molecule has 16 heavy (non-hydrogen) atoms. The molecule has 0 aliphatic heterocycles. The standard InChI is InChI=1S/C14H18O2/c1-16-13-7-5-6-12(10-13)11-14(15)8-3-2-4-9-14/h3,5-8,10,15H,2,4,9,11H2,1H3. The summed E-state index contributed by atoms with van der Waals surface area (Å²) in [4.78, 5) is 0. The molecule has 0 heterocycles. The summed E-state index contributed by atoms with van der Waals surface area (Å²) in [5.41, 5.74) is 0.457. The number of ether oxygens (including phenoxy) is 1. The average Bonchev–Trinajstić information content (AvgIpc) is 2.29. The zero-order chi connectivity index (χ0) is 11.4. The summed E-state index contributed by atoms with van der Waals surface area (Å²) < 4.78 is 5.18. The molecule has 1 aliphatic rings. The number of hydrogen-bond donors (Lipinski definition) is 1. The van der Waals surface area contributed by atoms with Gasteiger partial charge in [-0.05, 0) is 37.0 Å². The Morgan fingerprint density at radius 2 is 2.31 bits per heavy atom. The largest absolute Gasteiger partial charge is 0.497 e. The first-order valence-electron chi connectivity index (χ1n) is 5.75. The molecule has 0 radical (unpaired) electrons. The first-order chi connectivity index (χ1) is 7.72. The summed E-state index contributed by atoms with van der Waals surface area (Å²) in [6, 6.07) is 7.90. The van der Waals surface area contributed by atoms with Gasteiger partial charge in [-0.15, -0.1) is 0 Å². The third kappa shape index (κ3) is 2.64. The number of aliphatic hydroxyl groups is 1. The van der Waals surface area contributed by atoms with Gasteiger partial charge in [0.1, 0.15) is 5.75 Å². The minimum atomic E-state index is -0.662. The highest BCUT2D eigenvalue weighted by Crippen LogP contribution is 2.27. The molecule has 2 nitrogen and oxygen atoms in total. The minimum Gasteiger partial charge on any atom is -0.497 e. The SMILES string of the molecule is COc1cccc(CC2(O)C=CCCC2)c1. The Kier molecular flexibility index (Phi) is 3.30. The zero-order valence-electron chi connectivity index (χ0n) is 9.65. The van der Waals surface area contributed by atoms with Crippen molar-refractivity contribution in [1.29, 1.82) is 0 Å². The van der Waals surface area contributed by atoms with E-state index in [2.05, 4.69) is 6.08 Å². The summed E-state index contributed by atoms with van der Waals surface area (Å²) in [5, 5.41) is 10.4. The van der Waals surface area contributed by atoms with Crippen LogP contribution < -0.4 is 4.74 Å². The Hall–Kier alpha value is -1.28. The van der Waals surface area contributed by atoms with Gasteiger partial charge in [-0.25, -0.2) is 0 Å². The second-order valence-corrected chi connectivity index (χ2v) is 4.43. The Labute approximate surface area is 96.6 Å². The van der Waals surface area contributed by atoms with Crippen LogP contribution in [0.2, 0.25) is 0 Å². The van der Waals surface area contributed by atoms with E-state index in [0.717, 1.165) is 30.6 Å². The fourth-order valence-corrected chi connectivity index (χ4v) is 2.20. The molecule has 86 valence electrons. The van der Waals surface area contributed by atoms with E-state index in [9.17, 15) is 5.11 Å². The van der Waals surface area contributed by atoms with E-state index in [1.54, 1.807) is 7.11 Å². The fourth-order valence-electron chi connectivity index (χ4n) is 2.20. The van der Waals surface area contributed by atoms with Crippen molar-refractivity contribution in [2.45, 2.75) is 31.3 Å². The zero-order valence-corrected chi connectivity index (χ0v) is 9.65. The molecular formula is C14H18O2. The highest BCUT2D eigenvalue weighted by atomic mass is 16.5. The summed E-state index contributed by atoms with van der Waals surface area (Å²) in [5.74, 6) is 0.848. The van der Waals surface area contributed by atoms with Gasteiger partial charge >= 0.3 is 0 Å². The maximum absolute atomic E-state index is 10.4. The lowest BCUT2D eigenvalue weighted by molar-refractivity contribution is 0.0751. The predicted octanol–water partition coefficient (Wildman–Crippen LogP) is 2.71. The third-order valence-electron chi connectivity index (χ3n) is 3.05. The van der Waals surface area contributed by atoms with Crippen LogP contribution in [0, 0.1) is 0 Å². The highest BCUT2D eigenvalue weighted by molar-refractivity contribution is 5.30. The van der Waals surface area contributed by atoms with Crippen LogP contribution >= 0.6 is 0 Å². The molecule has 2 heteroatoms. The molecule has 1 atom stereocenters. The van der Waals surface area contributed by atoms with Gasteiger partial charge in [-0.1, -0.05) is 24.3 Å². The average molecular weight is 218 g/mol. The smallest absolute Gasteiger partial charge is 0.119 e. The van der Waals surface area contributed by atoms with Crippen LogP contribution in [0.5, 0.6) is 5.75 Å². The lowest BCUT2D eigenvalue weighted by Crippen LogP contribution is -2.30. The van der Waals surface area contributed by atoms with Crippen molar-refractivity contribution >= 4 is 0 Å². The van der Waals surface area contributed by atoms with Crippen molar-refractivity contribution in [3.63, 3.8) is 0 Å². The van der Waals surface area contributed by atoms with Gasteiger partial charge < -0.3 is 9.84 Å². The van der Waals surface area contributed by atoms with Gasteiger partial charge in [-0.2, -0.15) is 0 Å². The van der Waals surface area contributed by atoms with E-state index in [0.29, 0.717) is 6.42 Å². The Bertz CT molecular complexity index is 384. The van der Waals surface area contributed by atoms with Crippen LogP contribution in [-0.4, -0.2) is 17.8 Å².